The van der Waals surface area contributed by atoms with E-state index in [1.165, 1.54) is 19.3 Å². The number of pyridine rings is 1. The van der Waals surface area contributed by atoms with Crippen LogP contribution in [-0.4, -0.2) is 15.1 Å². The lowest BCUT2D eigenvalue weighted by Gasteiger charge is -2.25. The van der Waals surface area contributed by atoms with E-state index in [9.17, 15) is 0 Å². The smallest absolute Gasteiger partial charge is 0.258 e. The maximum atomic E-state index is 5.68. The van der Waals surface area contributed by atoms with Crippen molar-refractivity contribution >= 4 is 5.82 Å². The molecule has 1 aliphatic rings. The molecule has 1 aliphatic carbocycles. The molecule has 0 spiro atoms. The van der Waals surface area contributed by atoms with Crippen LogP contribution in [0.4, 0.5) is 5.82 Å². The molecule has 0 aromatic carbocycles. The Morgan fingerprint density at radius 3 is 2.80 bits per heavy atom. The SMILES string of the molecule is CCC1CCC(c2noc(-c3ccnc(N)c3)n2)CC1. The largest absolute Gasteiger partial charge is 0.384 e. The monoisotopic (exact) mass is 272 g/mol. The van der Waals surface area contributed by atoms with Crippen LogP contribution < -0.4 is 5.73 Å². The van der Waals surface area contributed by atoms with E-state index in [1.54, 1.807) is 12.3 Å². The zero-order valence-electron chi connectivity index (χ0n) is 11.7. The third-order valence-electron chi connectivity index (χ3n) is 4.26. The van der Waals surface area contributed by atoms with Crippen molar-refractivity contribution in [1.82, 2.24) is 15.1 Å². The molecular formula is C15H20N4O. The van der Waals surface area contributed by atoms with Gasteiger partial charge in [-0.3, -0.25) is 0 Å². The van der Waals surface area contributed by atoms with Gasteiger partial charge in [-0.1, -0.05) is 18.5 Å². The zero-order chi connectivity index (χ0) is 13.9. The van der Waals surface area contributed by atoms with Crippen molar-refractivity contribution in [3.8, 4) is 11.5 Å². The molecule has 1 saturated carbocycles. The first-order chi connectivity index (χ1) is 9.76. The molecule has 2 aromatic rings. The van der Waals surface area contributed by atoms with Gasteiger partial charge < -0.3 is 10.3 Å². The fourth-order valence-corrected chi connectivity index (χ4v) is 2.93. The summed E-state index contributed by atoms with van der Waals surface area (Å²) in [6, 6.07) is 3.59. The van der Waals surface area contributed by atoms with Gasteiger partial charge in [0.1, 0.15) is 5.82 Å². The molecule has 5 heteroatoms. The molecule has 0 bridgehead atoms. The van der Waals surface area contributed by atoms with Gasteiger partial charge in [-0.25, -0.2) is 4.98 Å². The number of rotatable bonds is 3. The van der Waals surface area contributed by atoms with Gasteiger partial charge in [0.05, 0.1) is 0 Å². The van der Waals surface area contributed by atoms with Crippen molar-refractivity contribution in [1.29, 1.82) is 0 Å². The number of nitrogen functional groups attached to an aromatic ring is 1. The van der Waals surface area contributed by atoms with Crippen molar-refractivity contribution in [2.45, 2.75) is 44.9 Å². The normalized spacial score (nSPS) is 22.9. The maximum absolute atomic E-state index is 5.68. The van der Waals surface area contributed by atoms with Gasteiger partial charge >= 0.3 is 0 Å². The van der Waals surface area contributed by atoms with Crippen LogP contribution >= 0.6 is 0 Å². The number of nitrogens with zero attached hydrogens (tertiary/aromatic N) is 3. The summed E-state index contributed by atoms with van der Waals surface area (Å²) in [5.74, 6) is 3.15. The number of aromatic nitrogens is 3. The lowest BCUT2D eigenvalue weighted by molar-refractivity contribution is 0.305. The Bertz CT molecular complexity index is 573. The van der Waals surface area contributed by atoms with E-state index in [0.717, 1.165) is 30.1 Å². The van der Waals surface area contributed by atoms with E-state index in [4.69, 9.17) is 10.3 Å². The molecule has 3 rings (SSSR count). The van der Waals surface area contributed by atoms with E-state index < -0.39 is 0 Å². The van der Waals surface area contributed by atoms with Crippen molar-refractivity contribution < 1.29 is 4.52 Å². The van der Waals surface area contributed by atoms with Gasteiger partial charge in [0.25, 0.3) is 5.89 Å². The van der Waals surface area contributed by atoms with Crippen LogP contribution in [-0.2, 0) is 0 Å². The van der Waals surface area contributed by atoms with Crippen LogP contribution in [0.5, 0.6) is 0 Å². The molecule has 106 valence electrons. The molecule has 5 nitrogen and oxygen atoms in total. The summed E-state index contributed by atoms with van der Waals surface area (Å²) in [5.41, 5.74) is 6.51. The van der Waals surface area contributed by atoms with Gasteiger partial charge in [0.15, 0.2) is 5.82 Å². The van der Waals surface area contributed by atoms with Crippen molar-refractivity contribution in [2.24, 2.45) is 5.92 Å². The summed E-state index contributed by atoms with van der Waals surface area (Å²) >= 11 is 0. The minimum Gasteiger partial charge on any atom is -0.384 e. The van der Waals surface area contributed by atoms with Crippen LogP contribution in [0.15, 0.2) is 22.9 Å². The fourth-order valence-electron chi connectivity index (χ4n) is 2.93. The predicted molar refractivity (Wildman–Crippen MR) is 76.9 cm³/mol. The van der Waals surface area contributed by atoms with Crippen molar-refractivity contribution in [3.63, 3.8) is 0 Å². The lowest BCUT2D eigenvalue weighted by atomic mass is 9.80. The van der Waals surface area contributed by atoms with E-state index in [2.05, 4.69) is 22.0 Å². The Labute approximate surface area is 118 Å². The summed E-state index contributed by atoms with van der Waals surface area (Å²) in [6.45, 7) is 2.27. The molecule has 0 atom stereocenters. The van der Waals surface area contributed by atoms with E-state index in [-0.39, 0.29) is 0 Å². The summed E-state index contributed by atoms with van der Waals surface area (Å²) in [7, 11) is 0. The molecule has 0 unspecified atom stereocenters. The Kier molecular flexibility index (Phi) is 3.67. The second kappa shape index (κ2) is 5.61. The molecule has 2 heterocycles. The number of anilines is 1. The molecule has 0 amide bonds. The average molecular weight is 272 g/mol. The molecule has 2 aromatic heterocycles. The molecule has 0 saturated heterocycles. The highest BCUT2D eigenvalue weighted by molar-refractivity contribution is 5.56. The summed E-state index contributed by atoms with van der Waals surface area (Å²) < 4.78 is 5.37. The minimum absolute atomic E-state index is 0.439. The first-order valence-corrected chi connectivity index (χ1v) is 7.31. The molecule has 0 radical (unpaired) electrons. The fraction of sp³-hybridized carbons (Fsp3) is 0.533. The first kappa shape index (κ1) is 13.1. The van der Waals surface area contributed by atoms with Crippen LogP contribution in [0.3, 0.4) is 0 Å². The highest BCUT2D eigenvalue weighted by Crippen LogP contribution is 2.36. The Morgan fingerprint density at radius 1 is 1.30 bits per heavy atom. The van der Waals surface area contributed by atoms with Gasteiger partial charge in [-0.05, 0) is 43.7 Å². The van der Waals surface area contributed by atoms with Crippen molar-refractivity contribution in [2.75, 3.05) is 5.73 Å². The van der Waals surface area contributed by atoms with E-state index in [0.29, 0.717) is 17.6 Å². The number of hydrogen-bond acceptors (Lipinski definition) is 5. The predicted octanol–water partition coefficient (Wildman–Crippen LogP) is 3.40. The molecule has 1 fully saturated rings. The Balaban J connectivity index is 1.74. The van der Waals surface area contributed by atoms with Gasteiger partial charge in [0, 0.05) is 17.7 Å². The standard InChI is InChI=1S/C15H20N4O/c1-2-10-3-5-11(6-4-10)14-18-15(20-19-14)12-7-8-17-13(16)9-12/h7-11H,2-6H2,1H3,(H2,16,17). The Hall–Kier alpha value is -1.91. The molecular weight excluding hydrogens is 252 g/mol. The van der Waals surface area contributed by atoms with Crippen molar-refractivity contribution in [3.05, 3.63) is 24.2 Å². The number of nitrogens with two attached hydrogens (primary N) is 1. The van der Waals surface area contributed by atoms with E-state index in [1.807, 2.05) is 6.07 Å². The third-order valence-corrected chi connectivity index (χ3v) is 4.26. The summed E-state index contributed by atoms with van der Waals surface area (Å²) in [5, 5.41) is 4.15. The van der Waals surface area contributed by atoms with Crippen LogP contribution in [0.25, 0.3) is 11.5 Å². The highest BCUT2D eigenvalue weighted by Gasteiger charge is 2.25. The summed E-state index contributed by atoms with van der Waals surface area (Å²) in [6.07, 6.45) is 7.80. The van der Waals surface area contributed by atoms with E-state index >= 15 is 0 Å². The van der Waals surface area contributed by atoms with Gasteiger partial charge in [0.2, 0.25) is 0 Å². The van der Waals surface area contributed by atoms with Gasteiger partial charge in [-0.15, -0.1) is 0 Å². The third kappa shape index (κ3) is 2.66. The second-order valence-electron chi connectivity index (χ2n) is 5.55. The molecule has 0 aliphatic heterocycles. The maximum Gasteiger partial charge on any atom is 0.258 e. The minimum atomic E-state index is 0.439. The molecule has 2 N–H and O–H groups in total. The van der Waals surface area contributed by atoms with Crippen LogP contribution in [0.1, 0.15) is 50.8 Å². The Morgan fingerprint density at radius 2 is 2.10 bits per heavy atom. The van der Waals surface area contributed by atoms with Gasteiger partial charge in [-0.2, -0.15) is 4.98 Å². The molecule has 20 heavy (non-hydrogen) atoms. The highest BCUT2D eigenvalue weighted by atomic mass is 16.5. The zero-order valence-corrected chi connectivity index (χ0v) is 11.7. The second-order valence-corrected chi connectivity index (χ2v) is 5.55. The first-order valence-electron chi connectivity index (χ1n) is 7.31. The lowest BCUT2D eigenvalue weighted by Crippen LogP contribution is -2.13. The topological polar surface area (TPSA) is 77.8 Å². The summed E-state index contributed by atoms with van der Waals surface area (Å²) in [4.78, 5) is 8.50. The van der Waals surface area contributed by atoms with Crippen LogP contribution in [0.2, 0.25) is 0 Å². The van der Waals surface area contributed by atoms with Crippen LogP contribution in [0, 0.1) is 5.92 Å². The average Bonchev–Trinajstić information content (AvgIpc) is 2.97. The number of hydrogen-bond donors (Lipinski definition) is 1. The quantitative estimate of drug-likeness (QED) is 0.926.